The van der Waals surface area contributed by atoms with Crippen molar-refractivity contribution >= 4 is 5.91 Å². The molecule has 1 aliphatic rings. The van der Waals surface area contributed by atoms with E-state index in [0.29, 0.717) is 13.0 Å². The van der Waals surface area contributed by atoms with E-state index in [1.54, 1.807) is 4.90 Å². The highest BCUT2D eigenvalue weighted by Gasteiger charge is 2.18. The second-order valence-electron chi connectivity index (χ2n) is 3.59. The van der Waals surface area contributed by atoms with E-state index in [0.717, 1.165) is 25.8 Å². The van der Waals surface area contributed by atoms with Gasteiger partial charge in [0.2, 0.25) is 5.91 Å². The molecule has 0 bridgehead atoms. The first-order valence-corrected chi connectivity index (χ1v) is 4.88. The molecule has 1 aliphatic heterocycles. The van der Waals surface area contributed by atoms with Gasteiger partial charge in [-0.2, -0.15) is 0 Å². The Bertz CT molecular complexity index is 173. The molecule has 0 saturated carbocycles. The number of carbonyl (C=O) groups excluding carboxylic acids is 1. The first kappa shape index (κ1) is 10.5. The van der Waals surface area contributed by atoms with E-state index in [-0.39, 0.29) is 18.6 Å². The molecule has 76 valence electrons. The normalized spacial score (nSPS) is 21.4. The van der Waals surface area contributed by atoms with Gasteiger partial charge in [-0.1, -0.05) is 6.42 Å². The van der Waals surface area contributed by atoms with Crippen LogP contribution in [0.4, 0.5) is 0 Å². The predicted octanol–water partition coefficient (Wildman–Crippen LogP) is -0.291. The van der Waals surface area contributed by atoms with Crippen LogP contribution in [0.5, 0.6) is 0 Å². The molecule has 1 amide bonds. The Kier molecular flexibility index (Phi) is 4.18. The lowest BCUT2D eigenvalue weighted by molar-refractivity contribution is -0.131. The van der Waals surface area contributed by atoms with Crippen LogP contribution in [0.25, 0.3) is 0 Å². The van der Waals surface area contributed by atoms with E-state index in [1.165, 1.54) is 0 Å². The van der Waals surface area contributed by atoms with Gasteiger partial charge >= 0.3 is 0 Å². The van der Waals surface area contributed by atoms with E-state index >= 15 is 0 Å². The van der Waals surface area contributed by atoms with Crippen molar-refractivity contribution in [2.75, 3.05) is 19.7 Å². The van der Waals surface area contributed by atoms with Gasteiger partial charge in [0.1, 0.15) is 0 Å². The zero-order chi connectivity index (χ0) is 9.68. The molecule has 1 unspecified atom stereocenters. The lowest BCUT2D eigenvalue weighted by Crippen LogP contribution is -2.42. The number of likely N-dealkylation sites (tertiary alicyclic amines) is 1. The summed E-state index contributed by atoms with van der Waals surface area (Å²) in [5, 5.41) is 8.76. The number of carbonyl (C=O) groups is 1. The molecule has 1 heterocycles. The van der Waals surface area contributed by atoms with Gasteiger partial charge in [0.15, 0.2) is 0 Å². The average molecular weight is 186 g/mol. The Balaban J connectivity index is 2.40. The van der Waals surface area contributed by atoms with Crippen molar-refractivity contribution in [3.8, 4) is 0 Å². The third-order valence-electron chi connectivity index (χ3n) is 2.36. The lowest BCUT2D eigenvalue weighted by Gasteiger charge is -2.23. The summed E-state index contributed by atoms with van der Waals surface area (Å²) in [6.45, 7) is 1.24. The van der Waals surface area contributed by atoms with Crippen LogP contribution in [0.15, 0.2) is 0 Å². The lowest BCUT2D eigenvalue weighted by atomic mass is 10.2. The quantitative estimate of drug-likeness (QED) is 0.636. The Morgan fingerprint density at radius 3 is 2.92 bits per heavy atom. The molecule has 1 rings (SSSR count). The molecular weight excluding hydrogens is 168 g/mol. The maximum atomic E-state index is 11.5. The predicted molar refractivity (Wildman–Crippen MR) is 50.1 cm³/mol. The summed E-state index contributed by atoms with van der Waals surface area (Å²) in [5.74, 6) is 0.182. The molecule has 4 nitrogen and oxygen atoms in total. The molecule has 0 aromatic rings. The molecule has 0 aromatic heterocycles. The fourth-order valence-corrected chi connectivity index (χ4v) is 1.57. The highest BCUT2D eigenvalue weighted by Crippen LogP contribution is 2.10. The molecule has 0 radical (unpaired) electrons. The monoisotopic (exact) mass is 186 g/mol. The second kappa shape index (κ2) is 5.19. The molecule has 1 saturated heterocycles. The summed E-state index contributed by atoms with van der Waals surface area (Å²) < 4.78 is 0. The van der Waals surface area contributed by atoms with Gasteiger partial charge in [-0.05, 0) is 12.8 Å². The summed E-state index contributed by atoms with van der Waals surface area (Å²) in [4.78, 5) is 13.2. The van der Waals surface area contributed by atoms with Crippen molar-refractivity contribution in [1.29, 1.82) is 0 Å². The van der Waals surface area contributed by atoms with Crippen LogP contribution in [0.3, 0.4) is 0 Å². The van der Waals surface area contributed by atoms with Gasteiger partial charge in [-0.15, -0.1) is 0 Å². The number of aliphatic hydroxyl groups is 1. The summed E-state index contributed by atoms with van der Waals surface area (Å²) in [7, 11) is 0. The van der Waals surface area contributed by atoms with Crippen molar-refractivity contribution < 1.29 is 9.90 Å². The molecule has 1 fully saturated rings. The number of hydrogen-bond donors (Lipinski definition) is 2. The fourth-order valence-electron chi connectivity index (χ4n) is 1.57. The van der Waals surface area contributed by atoms with Gasteiger partial charge in [-0.3, -0.25) is 4.79 Å². The summed E-state index contributed by atoms with van der Waals surface area (Å²) in [5.41, 5.74) is 5.57. The van der Waals surface area contributed by atoms with E-state index < -0.39 is 0 Å². The number of rotatable bonds is 3. The van der Waals surface area contributed by atoms with Crippen molar-refractivity contribution in [1.82, 2.24) is 4.90 Å². The topological polar surface area (TPSA) is 66.6 Å². The van der Waals surface area contributed by atoms with Crippen LogP contribution < -0.4 is 5.73 Å². The van der Waals surface area contributed by atoms with Crippen molar-refractivity contribution in [3.63, 3.8) is 0 Å². The Morgan fingerprint density at radius 1 is 1.46 bits per heavy atom. The largest absolute Gasteiger partial charge is 0.395 e. The highest BCUT2D eigenvalue weighted by atomic mass is 16.3. The molecule has 0 aromatic carbocycles. The number of hydrogen-bond acceptors (Lipinski definition) is 3. The van der Waals surface area contributed by atoms with Crippen LogP contribution in [-0.2, 0) is 4.79 Å². The zero-order valence-electron chi connectivity index (χ0n) is 7.91. The molecular formula is C9H18N2O2. The fraction of sp³-hybridized carbons (Fsp3) is 0.889. The smallest absolute Gasteiger partial charge is 0.222 e. The first-order valence-electron chi connectivity index (χ1n) is 4.88. The average Bonchev–Trinajstić information content (AvgIpc) is 2.32. The van der Waals surface area contributed by atoms with Gasteiger partial charge in [-0.25, -0.2) is 0 Å². The second-order valence-corrected chi connectivity index (χ2v) is 3.59. The van der Waals surface area contributed by atoms with Crippen LogP contribution in [-0.4, -0.2) is 41.7 Å². The minimum absolute atomic E-state index is 0.0518. The summed E-state index contributed by atoms with van der Waals surface area (Å²) in [6, 6.07) is -0.290. The molecule has 13 heavy (non-hydrogen) atoms. The Labute approximate surface area is 78.7 Å². The number of nitrogens with zero attached hydrogens (tertiary/aromatic N) is 1. The Morgan fingerprint density at radius 2 is 2.23 bits per heavy atom. The minimum atomic E-state index is -0.290. The summed E-state index contributed by atoms with van der Waals surface area (Å²) in [6.07, 6.45) is 3.81. The van der Waals surface area contributed by atoms with Crippen molar-refractivity contribution in [3.05, 3.63) is 0 Å². The van der Waals surface area contributed by atoms with Gasteiger partial charge < -0.3 is 15.7 Å². The standard InChI is InChI=1S/C9H18N2O2/c10-8(7-12)6-11-5-3-1-2-4-9(11)13/h8,12H,1-7,10H2. The third-order valence-corrected chi connectivity index (χ3v) is 2.36. The van der Waals surface area contributed by atoms with Gasteiger partial charge in [0.25, 0.3) is 0 Å². The van der Waals surface area contributed by atoms with Crippen LogP contribution in [0, 0.1) is 0 Å². The SMILES string of the molecule is NC(CO)CN1CCCCCC1=O. The van der Waals surface area contributed by atoms with E-state index in [4.69, 9.17) is 10.8 Å². The molecule has 3 N–H and O–H groups in total. The highest BCUT2D eigenvalue weighted by molar-refractivity contribution is 5.76. The third kappa shape index (κ3) is 3.32. The van der Waals surface area contributed by atoms with Gasteiger partial charge in [0.05, 0.1) is 6.61 Å². The van der Waals surface area contributed by atoms with Gasteiger partial charge in [0, 0.05) is 25.6 Å². The van der Waals surface area contributed by atoms with Crippen molar-refractivity contribution in [2.24, 2.45) is 5.73 Å². The molecule has 1 atom stereocenters. The summed E-state index contributed by atoms with van der Waals surface area (Å²) >= 11 is 0. The molecule has 4 heteroatoms. The van der Waals surface area contributed by atoms with E-state index in [1.807, 2.05) is 0 Å². The van der Waals surface area contributed by atoms with E-state index in [9.17, 15) is 4.79 Å². The molecule has 0 spiro atoms. The minimum Gasteiger partial charge on any atom is -0.395 e. The van der Waals surface area contributed by atoms with Crippen LogP contribution in [0.2, 0.25) is 0 Å². The maximum Gasteiger partial charge on any atom is 0.222 e. The van der Waals surface area contributed by atoms with Crippen LogP contribution in [0.1, 0.15) is 25.7 Å². The Hall–Kier alpha value is -0.610. The molecule has 0 aliphatic carbocycles. The van der Waals surface area contributed by atoms with Crippen molar-refractivity contribution in [2.45, 2.75) is 31.7 Å². The number of aliphatic hydroxyl groups excluding tert-OH is 1. The first-order chi connectivity index (χ1) is 6.24. The zero-order valence-corrected chi connectivity index (χ0v) is 7.91. The number of amides is 1. The van der Waals surface area contributed by atoms with Crippen LogP contribution >= 0.6 is 0 Å². The van der Waals surface area contributed by atoms with E-state index in [2.05, 4.69) is 0 Å². The maximum absolute atomic E-state index is 11.5. The number of nitrogens with two attached hydrogens (primary N) is 1.